The highest BCUT2D eigenvalue weighted by atomic mass is 16.3. The standard InChI is InChI=1S/C35H29N3O/c1-21(2)30-17-25(23-9-6-5-7-10-23)18-31(22(3)4)33(30)24-15-16-37-32(19-24)29-12-8-11-27-28-14-13-26(20-36)38-35(28)39-34(27)29/h5-19,21-22H,1-4H3. The van der Waals surface area contributed by atoms with Gasteiger partial charge in [-0.15, -0.1) is 0 Å². The van der Waals surface area contributed by atoms with Gasteiger partial charge in [-0.1, -0.05) is 82.3 Å². The van der Waals surface area contributed by atoms with Crippen LogP contribution < -0.4 is 0 Å². The van der Waals surface area contributed by atoms with Crippen LogP contribution in [0.3, 0.4) is 0 Å². The van der Waals surface area contributed by atoms with Gasteiger partial charge in [0.1, 0.15) is 17.3 Å². The molecule has 0 radical (unpaired) electrons. The lowest BCUT2D eigenvalue weighted by Crippen LogP contribution is -2.02. The molecule has 190 valence electrons. The Hall–Kier alpha value is -4.75. The molecule has 4 heteroatoms. The lowest BCUT2D eigenvalue weighted by atomic mass is 9.82. The Morgan fingerprint density at radius 3 is 2.15 bits per heavy atom. The van der Waals surface area contributed by atoms with Crippen molar-refractivity contribution < 1.29 is 4.42 Å². The quantitative estimate of drug-likeness (QED) is 0.233. The van der Waals surface area contributed by atoms with Crippen LogP contribution in [0.15, 0.2) is 95.5 Å². The largest absolute Gasteiger partial charge is 0.437 e. The van der Waals surface area contributed by atoms with Crippen molar-refractivity contribution in [2.75, 3.05) is 0 Å². The Morgan fingerprint density at radius 1 is 0.718 bits per heavy atom. The van der Waals surface area contributed by atoms with Gasteiger partial charge >= 0.3 is 0 Å². The second-order valence-electron chi connectivity index (χ2n) is 10.6. The third-order valence-corrected chi connectivity index (χ3v) is 7.35. The van der Waals surface area contributed by atoms with Gasteiger partial charge in [0.05, 0.1) is 5.69 Å². The first-order chi connectivity index (χ1) is 18.9. The number of benzene rings is 3. The van der Waals surface area contributed by atoms with Gasteiger partial charge in [-0.3, -0.25) is 4.98 Å². The number of nitrogens with zero attached hydrogens (tertiary/aromatic N) is 3. The summed E-state index contributed by atoms with van der Waals surface area (Å²) in [6.45, 7) is 9.05. The zero-order chi connectivity index (χ0) is 27.1. The van der Waals surface area contributed by atoms with E-state index in [9.17, 15) is 5.26 Å². The first-order valence-corrected chi connectivity index (χ1v) is 13.4. The fourth-order valence-electron chi connectivity index (χ4n) is 5.41. The Balaban J connectivity index is 1.55. The molecular weight excluding hydrogens is 478 g/mol. The van der Waals surface area contributed by atoms with Gasteiger partial charge in [-0.05, 0) is 75.5 Å². The van der Waals surface area contributed by atoms with Crippen molar-refractivity contribution in [3.05, 3.63) is 108 Å². The molecule has 0 spiro atoms. The number of hydrogen-bond acceptors (Lipinski definition) is 4. The van der Waals surface area contributed by atoms with Gasteiger partial charge in [0.2, 0.25) is 5.71 Å². The van der Waals surface area contributed by atoms with Crippen molar-refractivity contribution in [2.45, 2.75) is 39.5 Å². The molecule has 3 aromatic heterocycles. The number of nitriles is 1. The Kier molecular flexibility index (Phi) is 6.21. The lowest BCUT2D eigenvalue weighted by molar-refractivity contribution is 0.654. The van der Waals surface area contributed by atoms with Crippen molar-refractivity contribution in [2.24, 2.45) is 0 Å². The fourth-order valence-corrected chi connectivity index (χ4v) is 5.41. The zero-order valence-corrected chi connectivity index (χ0v) is 22.6. The predicted octanol–water partition coefficient (Wildman–Crippen LogP) is 9.50. The van der Waals surface area contributed by atoms with Gasteiger partial charge in [-0.25, -0.2) is 4.98 Å². The molecule has 3 aromatic carbocycles. The molecule has 0 aliphatic heterocycles. The molecule has 0 saturated carbocycles. The molecule has 39 heavy (non-hydrogen) atoms. The van der Waals surface area contributed by atoms with Crippen LogP contribution in [0.2, 0.25) is 0 Å². The summed E-state index contributed by atoms with van der Waals surface area (Å²) in [5, 5.41) is 11.1. The summed E-state index contributed by atoms with van der Waals surface area (Å²) >= 11 is 0. The van der Waals surface area contributed by atoms with Crippen LogP contribution >= 0.6 is 0 Å². The van der Waals surface area contributed by atoms with Crippen molar-refractivity contribution in [3.63, 3.8) is 0 Å². The first kappa shape index (κ1) is 24.6. The highest BCUT2D eigenvalue weighted by molar-refractivity contribution is 6.08. The van der Waals surface area contributed by atoms with Crippen LogP contribution in [-0.2, 0) is 0 Å². The minimum atomic E-state index is 0.338. The van der Waals surface area contributed by atoms with Gasteiger partial charge in [0, 0.05) is 22.5 Å². The molecule has 3 heterocycles. The van der Waals surface area contributed by atoms with E-state index in [1.54, 1.807) is 6.07 Å². The average Bonchev–Trinajstić information content (AvgIpc) is 3.35. The number of furan rings is 1. The van der Waals surface area contributed by atoms with Gasteiger partial charge in [0.25, 0.3) is 0 Å². The molecule has 0 aliphatic carbocycles. The van der Waals surface area contributed by atoms with Crippen molar-refractivity contribution >= 4 is 22.1 Å². The van der Waals surface area contributed by atoms with Crippen LogP contribution in [-0.4, -0.2) is 9.97 Å². The summed E-state index contributed by atoms with van der Waals surface area (Å²) in [4.78, 5) is 9.15. The number of para-hydroxylation sites is 1. The minimum Gasteiger partial charge on any atom is -0.437 e. The fraction of sp³-hybridized carbons (Fsp3) is 0.171. The smallest absolute Gasteiger partial charge is 0.228 e. The minimum absolute atomic E-state index is 0.338. The van der Waals surface area contributed by atoms with E-state index in [0.29, 0.717) is 23.2 Å². The Morgan fingerprint density at radius 2 is 1.46 bits per heavy atom. The monoisotopic (exact) mass is 507 g/mol. The number of hydrogen-bond donors (Lipinski definition) is 0. The van der Waals surface area contributed by atoms with Crippen LogP contribution in [0, 0.1) is 11.3 Å². The molecule has 0 unspecified atom stereocenters. The summed E-state index contributed by atoms with van der Waals surface area (Å²) in [5.41, 5.74) is 10.8. The van der Waals surface area contributed by atoms with E-state index >= 15 is 0 Å². The van der Waals surface area contributed by atoms with E-state index in [1.165, 1.54) is 27.8 Å². The van der Waals surface area contributed by atoms with Crippen molar-refractivity contribution in [1.82, 2.24) is 9.97 Å². The summed E-state index contributed by atoms with van der Waals surface area (Å²) in [5.74, 6) is 0.689. The third-order valence-electron chi connectivity index (χ3n) is 7.35. The Labute approximate surface area is 228 Å². The normalized spacial score (nSPS) is 11.5. The van der Waals surface area contributed by atoms with Gasteiger partial charge in [0.15, 0.2) is 0 Å². The molecular formula is C35H29N3O. The van der Waals surface area contributed by atoms with Gasteiger partial charge < -0.3 is 4.42 Å². The maximum atomic E-state index is 9.28. The zero-order valence-electron chi connectivity index (χ0n) is 22.6. The van der Waals surface area contributed by atoms with E-state index in [0.717, 1.165) is 33.2 Å². The maximum Gasteiger partial charge on any atom is 0.228 e. The lowest BCUT2D eigenvalue weighted by Gasteiger charge is -2.22. The second-order valence-corrected chi connectivity index (χ2v) is 10.6. The van der Waals surface area contributed by atoms with E-state index in [1.807, 2.05) is 30.5 Å². The summed E-state index contributed by atoms with van der Waals surface area (Å²) in [6.07, 6.45) is 1.89. The Bertz CT molecular complexity index is 1850. The van der Waals surface area contributed by atoms with Crippen LogP contribution in [0.4, 0.5) is 0 Å². The molecule has 0 bridgehead atoms. The van der Waals surface area contributed by atoms with E-state index in [-0.39, 0.29) is 0 Å². The number of fused-ring (bicyclic) bond motifs is 3. The highest BCUT2D eigenvalue weighted by Crippen LogP contribution is 2.41. The number of rotatable bonds is 5. The van der Waals surface area contributed by atoms with Crippen LogP contribution in [0.1, 0.15) is 56.4 Å². The second kappa shape index (κ2) is 9.85. The molecule has 0 atom stereocenters. The molecule has 6 aromatic rings. The van der Waals surface area contributed by atoms with Crippen LogP contribution in [0.5, 0.6) is 0 Å². The topological polar surface area (TPSA) is 62.7 Å². The van der Waals surface area contributed by atoms with E-state index < -0.39 is 0 Å². The SMILES string of the molecule is CC(C)c1cc(-c2ccccc2)cc(C(C)C)c1-c1ccnc(-c2cccc3c2oc2nc(C#N)ccc23)c1. The third kappa shape index (κ3) is 4.36. The molecule has 6 rings (SSSR count). The summed E-state index contributed by atoms with van der Waals surface area (Å²) in [7, 11) is 0. The summed E-state index contributed by atoms with van der Waals surface area (Å²) < 4.78 is 6.21. The first-order valence-electron chi connectivity index (χ1n) is 13.4. The molecule has 0 amide bonds. The molecule has 0 saturated heterocycles. The van der Waals surface area contributed by atoms with Crippen LogP contribution in [0.25, 0.3) is 55.6 Å². The van der Waals surface area contributed by atoms with E-state index in [2.05, 4.69) is 93.3 Å². The molecule has 0 aliphatic rings. The van der Waals surface area contributed by atoms with Crippen molar-refractivity contribution in [1.29, 1.82) is 5.26 Å². The van der Waals surface area contributed by atoms with Gasteiger partial charge in [-0.2, -0.15) is 5.26 Å². The molecule has 0 N–H and O–H groups in total. The number of pyridine rings is 2. The maximum absolute atomic E-state index is 9.28. The highest BCUT2D eigenvalue weighted by Gasteiger charge is 2.20. The predicted molar refractivity (Wildman–Crippen MR) is 159 cm³/mol. The van der Waals surface area contributed by atoms with Crippen molar-refractivity contribution in [3.8, 4) is 39.6 Å². The summed E-state index contributed by atoms with van der Waals surface area (Å²) in [6, 6.07) is 31.4. The molecule has 0 fully saturated rings. The average molecular weight is 508 g/mol. The van der Waals surface area contributed by atoms with E-state index in [4.69, 9.17) is 9.40 Å². The molecule has 4 nitrogen and oxygen atoms in total. The number of aromatic nitrogens is 2.